The molecule has 2 aromatic heterocycles. The van der Waals surface area contributed by atoms with E-state index in [9.17, 15) is 23.2 Å². The zero-order chi connectivity index (χ0) is 23.2. The van der Waals surface area contributed by atoms with Gasteiger partial charge in [0.15, 0.2) is 0 Å². The molecular weight excluding hydrogens is 431 g/mol. The minimum Gasteiger partial charge on any atom is -0.359 e. The summed E-state index contributed by atoms with van der Waals surface area (Å²) in [6.07, 6.45) is 2.65. The highest BCUT2D eigenvalue weighted by molar-refractivity contribution is 6.05. The number of nitriles is 1. The number of aromatic nitrogens is 3. The van der Waals surface area contributed by atoms with Gasteiger partial charge in [-0.2, -0.15) is 23.5 Å². The van der Waals surface area contributed by atoms with Gasteiger partial charge in [-0.05, 0) is 61.2 Å². The van der Waals surface area contributed by atoms with Crippen LogP contribution in [0, 0.1) is 16.7 Å². The number of hydrogen-bond donors (Lipinski definition) is 2. The maximum atomic E-state index is 12.8. The molecule has 6 nitrogen and oxygen atoms in total. The van der Waals surface area contributed by atoms with Crippen LogP contribution in [-0.4, -0.2) is 20.7 Å². The Morgan fingerprint density at radius 2 is 1.91 bits per heavy atom. The lowest BCUT2D eigenvalue weighted by atomic mass is 9.69. The second-order valence-corrected chi connectivity index (χ2v) is 8.18. The Hall–Kier alpha value is -4.06. The van der Waals surface area contributed by atoms with Gasteiger partial charge < -0.3 is 10.3 Å². The summed E-state index contributed by atoms with van der Waals surface area (Å²) in [5, 5.41) is 17.4. The van der Waals surface area contributed by atoms with Gasteiger partial charge in [-0.15, -0.1) is 0 Å². The fourth-order valence-corrected chi connectivity index (χ4v) is 3.98. The molecule has 0 unspecified atom stereocenters. The molecule has 166 valence electrons. The number of amides is 1. The fraction of sp³-hybridized carbons (Fsp3) is 0.208. The molecule has 0 radical (unpaired) electrons. The zero-order valence-electron chi connectivity index (χ0n) is 17.3. The second-order valence-electron chi connectivity index (χ2n) is 8.18. The van der Waals surface area contributed by atoms with Crippen LogP contribution in [0.15, 0.2) is 61.1 Å². The lowest BCUT2D eigenvalue weighted by Crippen LogP contribution is -2.40. The van der Waals surface area contributed by atoms with Gasteiger partial charge in [0.05, 0.1) is 29.2 Å². The number of hydrogen-bond acceptors (Lipinski definition) is 3. The van der Waals surface area contributed by atoms with Crippen LogP contribution in [-0.2, 0) is 11.0 Å². The van der Waals surface area contributed by atoms with Crippen molar-refractivity contribution < 1.29 is 18.0 Å². The van der Waals surface area contributed by atoms with Crippen molar-refractivity contribution in [2.75, 3.05) is 5.32 Å². The van der Waals surface area contributed by atoms with Gasteiger partial charge in [0.1, 0.15) is 5.41 Å². The third-order valence-electron chi connectivity index (χ3n) is 6.16. The van der Waals surface area contributed by atoms with Crippen LogP contribution >= 0.6 is 0 Å². The maximum absolute atomic E-state index is 12.8. The van der Waals surface area contributed by atoms with Crippen LogP contribution in [0.5, 0.6) is 0 Å². The summed E-state index contributed by atoms with van der Waals surface area (Å²) in [4.78, 5) is 15.8. The highest BCUT2D eigenvalue weighted by Gasteiger charge is 2.44. The number of rotatable bonds is 4. The molecule has 0 atom stereocenters. The Balaban J connectivity index is 1.42. The standard InChI is InChI=1S/C24H18F3N5O/c25-24(26,27)17-3-5-18(6-4-17)32-13-16(11-30-32)15-2-7-20-19(10-15)21(12-29-20)31-22(33)23(14-28)8-1-9-23/h2-7,10-13,29H,1,8-9H2,(H,31,33). The number of aromatic amines is 1. The summed E-state index contributed by atoms with van der Waals surface area (Å²) in [6, 6.07) is 12.6. The van der Waals surface area contributed by atoms with E-state index in [0.29, 0.717) is 24.2 Å². The Morgan fingerprint density at radius 3 is 2.55 bits per heavy atom. The summed E-state index contributed by atoms with van der Waals surface area (Å²) in [5.41, 5.74) is 1.84. The molecule has 0 aliphatic heterocycles. The van der Waals surface area contributed by atoms with Crippen molar-refractivity contribution >= 4 is 22.5 Å². The van der Waals surface area contributed by atoms with Gasteiger partial charge in [-0.1, -0.05) is 6.07 Å². The topological polar surface area (TPSA) is 86.5 Å². The van der Waals surface area contributed by atoms with Crippen molar-refractivity contribution in [1.82, 2.24) is 14.8 Å². The van der Waals surface area contributed by atoms with Crippen LogP contribution in [0.1, 0.15) is 24.8 Å². The minimum absolute atomic E-state index is 0.294. The third kappa shape index (κ3) is 3.63. The van der Waals surface area contributed by atoms with Gasteiger partial charge >= 0.3 is 6.18 Å². The van der Waals surface area contributed by atoms with E-state index in [0.717, 1.165) is 40.6 Å². The van der Waals surface area contributed by atoms with Crippen molar-refractivity contribution in [2.45, 2.75) is 25.4 Å². The van der Waals surface area contributed by atoms with Crippen molar-refractivity contribution in [3.63, 3.8) is 0 Å². The minimum atomic E-state index is -4.39. The molecule has 2 N–H and O–H groups in total. The molecule has 0 saturated heterocycles. The van der Waals surface area contributed by atoms with E-state index in [1.165, 1.54) is 16.8 Å². The summed E-state index contributed by atoms with van der Waals surface area (Å²) in [5.74, 6) is -0.294. The molecule has 1 aliphatic carbocycles. The fourth-order valence-electron chi connectivity index (χ4n) is 3.98. The van der Waals surface area contributed by atoms with Crippen LogP contribution in [0.4, 0.5) is 18.9 Å². The van der Waals surface area contributed by atoms with Crippen molar-refractivity contribution in [3.05, 3.63) is 66.6 Å². The number of carbonyl (C=O) groups is 1. The second kappa shape index (κ2) is 7.52. The highest BCUT2D eigenvalue weighted by atomic mass is 19.4. The monoisotopic (exact) mass is 449 g/mol. The predicted molar refractivity (Wildman–Crippen MR) is 116 cm³/mol. The molecule has 1 amide bonds. The van der Waals surface area contributed by atoms with E-state index in [-0.39, 0.29) is 5.91 Å². The number of carbonyl (C=O) groups excluding carboxylic acids is 1. The molecule has 0 bridgehead atoms. The first-order valence-corrected chi connectivity index (χ1v) is 10.4. The largest absolute Gasteiger partial charge is 0.416 e. The van der Waals surface area contributed by atoms with Gasteiger partial charge in [0.25, 0.3) is 0 Å². The summed E-state index contributed by atoms with van der Waals surface area (Å²) < 4.78 is 39.9. The number of H-pyrrole nitrogens is 1. The molecule has 1 aliphatic rings. The predicted octanol–water partition coefficient (Wildman–Crippen LogP) is 5.67. The molecule has 4 aromatic rings. The molecule has 9 heteroatoms. The van der Waals surface area contributed by atoms with E-state index >= 15 is 0 Å². The Kier molecular flexibility index (Phi) is 4.74. The first kappa shape index (κ1) is 20.8. The van der Waals surface area contributed by atoms with Crippen molar-refractivity contribution in [2.24, 2.45) is 5.41 Å². The lowest BCUT2D eigenvalue weighted by Gasteiger charge is -2.33. The number of halogens is 3. The van der Waals surface area contributed by atoms with E-state index in [1.807, 2.05) is 18.2 Å². The van der Waals surface area contributed by atoms with Gasteiger partial charge in [-0.3, -0.25) is 4.79 Å². The number of benzene rings is 2. The molecule has 1 saturated carbocycles. The van der Waals surface area contributed by atoms with Gasteiger partial charge in [-0.25, -0.2) is 4.68 Å². The molecule has 2 aromatic carbocycles. The molecule has 2 heterocycles. The summed E-state index contributed by atoms with van der Waals surface area (Å²) >= 11 is 0. The zero-order valence-corrected chi connectivity index (χ0v) is 17.3. The first-order valence-electron chi connectivity index (χ1n) is 10.4. The normalized spacial score (nSPS) is 15.1. The van der Waals surface area contributed by atoms with E-state index in [1.54, 1.807) is 18.6 Å². The van der Waals surface area contributed by atoms with Gasteiger partial charge in [0, 0.05) is 28.9 Å². The van der Waals surface area contributed by atoms with Crippen molar-refractivity contribution in [3.8, 4) is 22.9 Å². The smallest absolute Gasteiger partial charge is 0.359 e. The first-order chi connectivity index (χ1) is 15.8. The Morgan fingerprint density at radius 1 is 1.15 bits per heavy atom. The summed E-state index contributed by atoms with van der Waals surface area (Å²) in [7, 11) is 0. The van der Waals surface area contributed by atoms with Crippen LogP contribution < -0.4 is 5.32 Å². The van der Waals surface area contributed by atoms with E-state index in [2.05, 4.69) is 21.5 Å². The Labute approximate surface area is 186 Å². The molecular formula is C24H18F3N5O. The molecule has 0 spiro atoms. The van der Waals surface area contributed by atoms with Crippen molar-refractivity contribution in [1.29, 1.82) is 5.26 Å². The van der Waals surface area contributed by atoms with Gasteiger partial charge in [0.2, 0.25) is 5.91 Å². The van der Waals surface area contributed by atoms with Crippen LogP contribution in [0.3, 0.4) is 0 Å². The number of nitrogens with zero attached hydrogens (tertiary/aromatic N) is 3. The molecule has 5 rings (SSSR count). The van der Waals surface area contributed by atoms with Crippen LogP contribution in [0.2, 0.25) is 0 Å². The number of anilines is 1. The summed E-state index contributed by atoms with van der Waals surface area (Å²) in [6.45, 7) is 0. The average molecular weight is 449 g/mol. The lowest BCUT2D eigenvalue weighted by molar-refractivity contribution is -0.137. The highest BCUT2D eigenvalue weighted by Crippen LogP contribution is 2.41. The number of fused-ring (bicyclic) bond motifs is 1. The SMILES string of the molecule is N#CC1(C(=O)Nc2c[nH]c3ccc(-c4cnn(-c5ccc(C(F)(F)F)cc5)c4)cc23)CCC1. The van der Waals surface area contributed by atoms with Crippen LogP contribution in [0.25, 0.3) is 27.7 Å². The number of nitrogens with one attached hydrogen (secondary N) is 2. The number of alkyl halides is 3. The van der Waals surface area contributed by atoms with E-state index < -0.39 is 17.2 Å². The average Bonchev–Trinajstić information content (AvgIpc) is 3.40. The Bertz CT molecular complexity index is 1390. The quantitative estimate of drug-likeness (QED) is 0.421. The maximum Gasteiger partial charge on any atom is 0.416 e. The molecule has 1 fully saturated rings. The molecule has 33 heavy (non-hydrogen) atoms. The van der Waals surface area contributed by atoms with E-state index in [4.69, 9.17) is 0 Å². The third-order valence-corrected chi connectivity index (χ3v) is 6.16.